The third-order valence-electron chi connectivity index (χ3n) is 4.43. The zero-order chi connectivity index (χ0) is 17.4. The van der Waals surface area contributed by atoms with E-state index in [1.807, 2.05) is 25.1 Å². The Morgan fingerprint density at radius 1 is 1.21 bits per heavy atom. The molecule has 0 atom stereocenters. The van der Waals surface area contributed by atoms with Crippen LogP contribution in [-0.2, 0) is 0 Å². The topological polar surface area (TPSA) is 82.7 Å². The van der Waals surface area contributed by atoms with E-state index in [9.17, 15) is 10.1 Å². The number of nitriles is 1. The predicted octanol–water partition coefficient (Wildman–Crippen LogP) is 4.24. The minimum Gasteiger partial charge on any atom is -0.364 e. The highest BCUT2D eigenvalue weighted by Gasteiger charge is 2.16. The van der Waals surface area contributed by atoms with Crippen LogP contribution < -0.4 is 5.73 Å². The number of aromatic nitrogens is 1. The molecule has 0 aliphatic heterocycles. The lowest BCUT2D eigenvalue weighted by Gasteiger charge is -2.09. The lowest BCUT2D eigenvalue weighted by molar-refractivity contribution is 0.0996. The second-order valence-electron chi connectivity index (χ2n) is 6.32. The first-order chi connectivity index (χ1) is 11.4. The number of carbonyl (C=O) groups is 1. The molecule has 1 aromatic heterocycles. The maximum absolute atomic E-state index is 11.6. The van der Waals surface area contributed by atoms with Crippen molar-refractivity contribution in [3.63, 3.8) is 0 Å². The Bertz CT molecular complexity index is 973. The molecule has 0 aliphatic rings. The van der Waals surface area contributed by atoms with Crippen LogP contribution in [-0.4, -0.2) is 10.9 Å². The molecule has 0 aliphatic carbocycles. The lowest BCUT2D eigenvalue weighted by atomic mass is 9.96. The zero-order valence-corrected chi connectivity index (χ0v) is 14.0. The third kappa shape index (κ3) is 2.55. The van der Waals surface area contributed by atoms with Crippen molar-refractivity contribution in [3.8, 4) is 17.2 Å². The molecule has 0 radical (unpaired) electrons. The van der Waals surface area contributed by atoms with Gasteiger partial charge in [-0.15, -0.1) is 0 Å². The van der Waals surface area contributed by atoms with Gasteiger partial charge in [0.05, 0.1) is 17.1 Å². The fourth-order valence-corrected chi connectivity index (χ4v) is 3.01. The minimum atomic E-state index is -0.497. The van der Waals surface area contributed by atoms with Crippen molar-refractivity contribution in [1.29, 1.82) is 5.26 Å². The first-order valence-electron chi connectivity index (χ1n) is 7.89. The normalized spacial score (nSPS) is 11.0. The van der Waals surface area contributed by atoms with Gasteiger partial charge in [0.1, 0.15) is 5.69 Å². The van der Waals surface area contributed by atoms with Crippen LogP contribution in [0.5, 0.6) is 0 Å². The third-order valence-corrected chi connectivity index (χ3v) is 4.43. The number of rotatable bonds is 3. The SMILES string of the molecule is Cc1c(C(N)=O)[nH]c2c(-c3ccc(C(C)C)cc3)cc(C#N)cc12. The van der Waals surface area contributed by atoms with Crippen molar-refractivity contribution in [3.05, 3.63) is 58.8 Å². The Labute approximate surface area is 140 Å². The summed E-state index contributed by atoms with van der Waals surface area (Å²) in [7, 11) is 0. The van der Waals surface area contributed by atoms with Crippen LogP contribution in [0.4, 0.5) is 0 Å². The second kappa shape index (κ2) is 5.86. The fourth-order valence-electron chi connectivity index (χ4n) is 3.01. The molecule has 4 heteroatoms. The molecule has 24 heavy (non-hydrogen) atoms. The van der Waals surface area contributed by atoms with E-state index in [-0.39, 0.29) is 0 Å². The molecule has 3 aromatic rings. The van der Waals surface area contributed by atoms with E-state index < -0.39 is 5.91 Å². The Balaban J connectivity index is 2.28. The number of nitrogens with one attached hydrogen (secondary N) is 1. The van der Waals surface area contributed by atoms with Crippen molar-refractivity contribution >= 4 is 16.8 Å². The molecule has 3 N–H and O–H groups in total. The number of primary amides is 1. The van der Waals surface area contributed by atoms with Crippen LogP contribution >= 0.6 is 0 Å². The summed E-state index contributed by atoms with van der Waals surface area (Å²) in [6.07, 6.45) is 0. The number of carbonyl (C=O) groups excluding carboxylic acids is 1. The quantitative estimate of drug-likeness (QED) is 0.757. The molecule has 0 spiro atoms. The zero-order valence-electron chi connectivity index (χ0n) is 14.0. The van der Waals surface area contributed by atoms with Crippen molar-refractivity contribution in [1.82, 2.24) is 4.98 Å². The number of nitrogens with zero attached hydrogens (tertiary/aromatic N) is 1. The number of hydrogen-bond donors (Lipinski definition) is 2. The Morgan fingerprint density at radius 2 is 1.88 bits per heavy atom. The van der Waals surface area contributed by atoms with Gasteiger partial charge in [0, 0.05) is 10.9 Å². The number of benzene rings is 2. The maximum atomic E-state index is 11.6. The molecule has 1 amide bonds. The maximum Gasteiger partial charge on any atom is 0.265 e. The van der Waals surface area contributed by atoms with E-state index in [4.69, 9.17) is 5.73 Å². The van der Waals surface area contributed by atoms with Crippen LogP contribution in [0.1, 0.15) is 46.9 Å². The smallest absolute Gasteiger partial charge is 0.265 e. The van der Waals surface area contributed by atoms with Crippen LogP contribution in [0.25, 0.3) is 22.0 Å². The largest absolute Gasteiger partial charge is 0.364 e. The highest BCUT2D eigenvalue weighted by Crippen LogP contribution is 2.33. The van der Waals surface area contributed by atoms with Gasteiger partial charge in [0.25, 0.3) is 5.91 Å². The average Bonchev–Trinajstić information content (AvgIpc) is 2.91. The molecule has 0 saturated carbocycles. The molecule has 120 valence electrons. The van der Waals surface area contributed by atoms with Crippen LogP contribution in [0, 0.1) is 18.3 Å². The Hall–Kier alpha value is -3.06. The van der Waals surface area contributed by atoms with Crippen molar-refractivity contribution < 1.29 is 4.79 Å². The number of amides is 1. The summed E-state index contributed by atoms with van der Waals surface area (Å²) in [5, 5.41) is 10.2. The summed E-state index contributed by atoms with van der Waals surface area (Å²) in [4.78, 5) is 14.8. The van der Waals surface area contributed by atoms with Gasteiger partial charge in [-0.2, -0.15) is 5.26 Å². The molecular weight excluding hydrogens is 298 g/mol. The van der Waals surface area contributed by atoms with Gasteiger partial charge in [0.2, 0.25) is 0 Å². The van der Waals surface area contributed by atoms with E-state index >= 15 is 0 Å². The first-order valence-corrected chi connectivity index (χ1v) is 7.89. The summed E-state index contributed by atoms with van der Waals surface area (Å²) in [6, 6.07) is 14.1. The molecule has 4 nitrogen and oxygen atoms in total. The van der Waals surface area contributed by atoms with Gasteiger partial charge < -0.3 is 10.7 Å². The molecule has 0 unspecified atom stereocenters. The number of aromatic amines is 1. The highest BCUT2D eigenvalue weighted by atomic mass is 16.1. The summed E-state index contributed by atoms with van der Waals surface area (Å²) >= 11 is 0. The van der Waals surface area contributed by atoms with E-state index in [0.717, 1.165) is 27.6 Å². The standard InChI is InChI=1S/C20H19N3O/c1-11(2)14-4-6-15(7-5-14)17-9-13(10-21)8-16-12(3)18(20(22)24)23-19(16)17/h4-9,11,23H,1-3H3,(H2,22,24). The van der Waals surface area contributed by atoms with Crippen molar-refractivity contribution in [2.45, 2.75) is 26.7 Å². The van der Waals surface area contributed by atoms with Crippen LogP contribution in [0.3, 0.4) is 0 Å². The van der Waals surface area contributed by atoms with Gasteiger partial charge in [-0.3, -0.25) is 4.79 Å². The highest BCUT2D eigenvalue weighted by molar-refractivity contribution is 6.05. The van der Waals surface area contributed by atoms with Crippen molar-refractivity contribution in [2.24, 2.45) is 5.73 Å². The number of aryl methyl sites for hydroxylation is 1. The summed E-state index contributed by atoms with van der Waals surface area (Å²) in [6.45, 7) is 6.14. The minimum absolute atomic E-state index is 0.389. The van der Waals surface area contributed by atoms with E-state index in [2.05, 4.69) is 37.0 Å². The summed E-state index contributed by atoms with van der Waals surface area (Å²) in [5.41, 5.74) is 11.2. The number of hydrogen-bond acceptors (Lipinski definition) is 2. The number of nitrogens with two attached hydrogens (primary N) is 1. The van der Waals surface area contributed by atoms with Gasteiger partial charge >= 0.3 is 0 Å². The molecule has 3 rings (SSSR count). The van der Waals surface area contributed by atoms with Crippen LogP contribution in [0.15, 0.2) is 36.4 Å². The van der Waals surface area contributed by atoms with Gasteiger partial charge in [-0.25, -0.2) is 0 Å². The monoisotopic (exact) mass is 317 g/mol. The summed E-state index contributed by atoms with van der Waals surface area (Å²) < 4.78 is 0. The fraction of sp³-hybridized carbons (Fsp3) is 0.200. The molecule has 0 saturated heterocycles. The number of fused-ring (bicyclic) bond motifs is 1. The molecule has 0 fully saturated rings. The van der Waals surface area contributed by atoms with Crippen LogP contribution in [0.2, 0.25) is 0 Å². The van der Waals surface area contributed by atoms with E-state index in [1.54, 1.807) is 6.07 Å². The van der Waals surface area contributed by atoms with Gasteiger partial charge in [-0.05, 0) is 41.7 Å². The molecule has 2 aromatic carbocycles. The lowest BCUT2D eigenvalue weighted by Crippen LogP contribution is -2.12. The molecular formula is C20H19N3O. The van der Waals surface area contributed by atoms with Crippen molar-refractivity contribution in [2.75, 3.05) is 0 Å². The molecule has 1 heterocycles. The Kier molecular flexibility index (Phi) is 3.86. The first kappa shape index (κ1) is 15.8. The predicted molar refractivity (Wildman–Crippen MR) is 95.8 cm³/mol. The second-order valence-corrected chi connectivity index (χ2v) is 6.32. The van der Waals surface area contributed by atoms with Gasteiger partial charge in [-0.1, -0.05) is 38.1 Å². The average molecular weight is 317 g/mol. The van der Waals surface area contributed by atoms with E-state index in [0.29, 0.717) is 17.2 Å². The summed E-state index contributed by atoms with van der Waals surface area (Å²) in [5.74, 6) is -0.0398. The van der Waals surface area contributed by atoms with E-state index in [1.165, 1.54) is 5.56 Å². The molecule has 0 bridgehead atoms. The Morgan fingerprint density at radius 3 is 2.42 bits per heavy atom. The van der Waals surface area contributed by atoms with Gasteiger partial charge in [0.15, 0.2) is 0 Å². The number of H-pyrrole nitrogens is 1.